The topological polar surface area (TPSA) is 134 Å². The molecule has 3 heterocycles. The highest BCUT2D eigenvalue weighted by atomic mass is 32.2. The first-order valence-electron chi connectivity index (χ1n) is 9.86. The van der Waals surface area contributed by atoms with Crippen molar-refractivity contribution in [1.82, 2.24) is 19.3 Å². The number of anilines is 1. The molecule has 0 saturated heterocycles. The van der Waals surface area contributed by atoms with Crippen LogP contribution in [0.2, 0.25) is 0 Å². The first-order valence-corrected chi connectivity index (χ1v) is 10.8. The summed E-state index contributed by atoms with van der Waals surface area (Å²) < 4.78 is 8.44. The molecule has 1 amide bonds. The van der Waals surface area contributed by atoms with Crippen LogP contribution in [0.5, 0.6) is 5.75 Å². The Hall–Kier alpha value is -3.41. The van der Waals surface area contributed by atoms with E-state index in [0.717, 1.165) is 0 Å². The van der Waals surface area contributed by atoms with Crippen LogP contribution in [0.25, 0.3) is 11.0 Å². The second-order valence-corrected chi connectivity index (χ2v) is 9.38. The van der Waals surface area contributed by atoms with Crippen molar-refractivity contribution >= 4 is 40.1 Å². The molecular formula is C20H22N6O5S. The second-order valence-electron chi connectivity index (χ2n) is 8.39. The van der Waals surface area contributed by atoms with Crippen LogP contribution in [0.4, 0.5) is 11.4 Å². The molecule has 12 heteroatoms. The van der Waals surface area contributed by atoms with E-state index in [9.17, 15) is 19.7 Å². The maximum atomic E-state index is 13.2. The summed E-state index contributed by atoms with van der Waals surface area (Å²) in [6.07, 6.45) is 1.56. The van der Waals surface area contributed by atoms with E-state index in [1.165, 1.54) is 43.3 Å². The number of rotatable bonds is 5. The molecule has 0 bridgehead atoms. The number of aromatic nitrogens is 4. The molecular weight excluding hydrogens is 436 g/mol. The number of non-ortho nitro benzene ring substituents is 1. The van der Waals surface area contributed by atoms with Crippen molar-refractivity contribution in [2.75, 3.05) is 18.2 Å². The molecule has 1 aliphatic heterocycles. The zero-order valence-corrected chi connectivity index (χ0v) is 18.8. The Bertz CT molecular complexity index is 1290. The first-order chi connectivity index (χ1) is 15.1. The van der Waals surface area contributed by atoms with Gasteiger partial charge >= 0.3 is 0 Å². The molecule has 3 aromatic rings. The van der Waals surface area contributed by atoms with Crippen molar-refractivity contribution in [3.8, 4) is 5.75 Å². The van der Waals surface area contributed by atoms with Gasteiger partial charge in [0.2, 0.25) is 5.91 Å². The van der Waals surface area contributed by atoms with Crippen molar-refractivity contribution in [1.29, 1.82) is 0 Å². The number of nitro groups is 1. The van der Waals surface area contributed by atoms with Gasteiger partial charge in [0.1, 0.15) is 11.1 Å². The van der Waals surface area contributed by atoms with Crippen LogP contribution in [0.3, 0.4) is 0 Å². The highest BCUT2D eigenvalue weighted by Gasteiger charge is 2.31. The molecule has 32 heavy (non-hydrogen) atoms. The van der Waals surface area contributed by atoms with Crippen molar-refractivity contribution in [2.45, 2.75) is 43.9 Å². The second kappa shape index (κ2) is 7.93. The summed E-state index contributed by atoms with van der Waals surface area (Å²) in [5.74, 6) is 0.375. The van der Waals surface area contributed by atoms with Gasteiger partial charge < -0.3 is 10.1 Å². The Morgan fingerprint density at radius 1 is 1.41 bits per heavy atom. The lowest BCUT2D eigenvalue weighted by atomic mass is 10.1. The SMILES string of the molecule is COc1cc([N+](=O)[O-])ccc1NC(=O)CC1CSc2nc3c(cnn3C(C)(C)C)c(=O)n21. The van der Waals surface area contributed by atoms with Gasteiger partial charge in [-0.25, -0.2) is 9.67 Å². The van der Waals surface area contributed by atoms with E-state index in [1.54, 1.807) is 9.25 Å². The Morgan fingerprint density at radius 3 is 2.81 bits per heavy atom. The minimum Gasteiger partial charge on any atom is -0.494 e. The van der Waals surface area contributed by atoms with E-state index in [4.69, 9.17) is 4.74 Å². The summed E-state index contributed by atoms with van der Waals surface area (Å²) in [5.41, 5.74) is 0.157. The molecule has 1 aliphatic rings. The molecule has 1 aromatic carbocycles. The van der Waals surface area contributed by atoms with E-state index in [2.05, 4.69) is 15.4 Å². The number of nitrogens with zero attached hydrogens (tertiary/aromatic N) is 5. The number of amides is 1. The molecule has 1 N–H and O–H groups in total. The zero-order valence-electron chi connectivity index (χ0n) is 18.0. The molecule has 168 valence electrons. The van der Waals surface area contributed by atoms with Gasteiger partial charge in [0, 0.05) is 18.2 Å². The minimum absolute atomic E-state index is 0.0423. The van der Waals surface area contributed by atoms with Crippen LogP contribution in [-0.4, -0.2) is 43.0 Å². The number of carbonyl (C=O) groups is 1. The number of benzene rings is 1. The van der Waals surface area contributed by atoms with Crippen LogP contribution >= 0.6 is 11.8 Å². The van der Waals surface area contributed by atoms with Gasteiger partial charge in [-0.15, -0.1) is 0 Å². The van der Waals surface area contributed by atoms with Crippen LogP contribution in [0.1, 0.15) is 33.2 Å². The third kappa shape index (κ3) is 3.81. The van der Waals surface area contributed by atoms with Gasteiger partial charge in [0.15, 0.2) is 10.8 Å². The van der Waals surface area contributed by atoms with Crippen molar-refractivity contribution < 1.29 is 14.5 Å². The Labute approximate surface area is 186 Å². The third-order valence-electron chi connectivity index (χ3n) is 5.10. The van der Waals surface area contributed by atoms with Gasteiger partial charge in [-0.3, -0.25) is 24.3 Å². The summed E-state index contributed by atoms with van der Waals surface area (Å²) in [6.45, 7) is 5.95. The van der Waals surface area contributed by atoms with Crippen LogP contribution in [-0.2, 0) is 10.3 Å². The summed E-state index contributed by atoms with van der Waals surface area (Å²) in [5, 5.41) is 19.0. The quantitative estimate of drug-likeness (QED) is 0.350. The number of nitrogens with one attached hydrogen (secondary N) is 1. The molecule has 0 aliphatic carbocycles. The van der Waals surface area contributed by atoms with Gasteiger partial charge in [0.05, 0.1) is 41.6 Å². The van der Waals surface area contributed by atoms with Crippen LogP contribution in [0, 0.1) is 10.1 Å². The number of nitro benzene ring substituents is 1. The lowest BCUT2D eigenvalue weighted by Crippen LogP contribution is -2.29. The minimum atomic E-state index is -0.539. The molecule has 1 atom stereocenters. The number of fused-ring (bicyclic) bond motifs is 2. The number of methoxy groups -OCH3 is 1. The maximum Gasteiger partial charge on any atom is 0.273 e. The monoisotopic (exact) mass is 458 g/mol. The smallest absolute Gasteiger partial charge is 0.273 e. The average molecular weight is 459 g/mol. The van der Waals surface area contributed by atoms with Gasteiger partial charge in [-0.05, 0) is 26.8 Å². The Morgan fingerprint density at radius 2 is 2.16 bits per heavy atom. The normalized spacial score (nSPS) is 15.6. The number of hydrogen-bond donors (Lipinski definition) is 1. The van der Waals surface area contributed by atoms with E-state index in [1.807, 2.05) is 20.8 Å². The predicted molar refractivity (Wildman–Crippen MR) is 119 cm³/mol. The average Bonchev–Trinajstić information content (AvgIpc) is 3.33. The number of carbonyl (C=O) groups excluding carboxylic acids is 1. The highest BCUT2D eigenvalue weighted by Crippen LogP contribution is 2.35. The molecule has 0 spiro atoms. The molecule has 1 unspecified atom stereocenters. The Balaban J connectivity index is 1.59. The fraction of sp³-hybridized carbons (Fsp3) is 0.400. The van der Waals surface area contributed by atoms with Crippen LogP contribution < -0.4 is 15.6 Å². The third-order valence-corrected chi connectivity index (χ3v) is 6.19. The van der Waals surface area contributed by atoms with Crippen molar-refractivity contribution in [2.24, 2.45) is 0 Å². The summed E-state index contributed by atoms with van der Waals surface area (Å²) in [6, 6.07) is 3.58. The predicted octanol–water partition coefficient (Wildman–Crippen LogP) is 2.94. The van der Waals surface area contributed by atoms with Crippen molar-refractivity contribution in [3.63, 3.8) is 0 Å². The van der Waals surface area contributed by atoms with Gasteiger partial charge in [0.25, 0.3) is 11.2 Å². The number of hydrogen-bond acceptors (Lipinski definition) is 8. The number of thioether (sulfide) groups is 1. The first kappa shape index (κ1) is 21.8. The van der Waals surface area contributed by atoms with Gasteiger partial charge in [-0.2, -0.15) is 5.10 Å². The van der Waals surface area contributed by atoms with Gasteiger partial charge in [-0.1, -0.05) is 11.8 Å². The molecule has 0 saturated carbocycles. The van der Waals surface area contributed by atoms with Crippen molar-refractivity contribution in [3.05, 3.63) is 44.9 Å². The molecule has 4 rings (SSSR count). The summed E-state index contributed by atoms with van der Waals surface area (Å²) in [7, 11) is 1.37. The lowest BCUT2D eigenvalue weighted by molar-refractivity contribution is -0.384. The molecule has 11 nitrogen and oxygen atoms in total. The summed E-state index contributed by atoms with van der Waals surface area (Å²) >= 11 is 1.42. The van der Waals surface area contributed by atoms with Crippen LogP contribution in [0.15, 0.2) is 34.3 Å². The Kier molecular flexibility index (Phi) is 5.41. The fourth-order valence-corrected chi connectivity index (χ4v) is 4.71. The molecule has 2 aromatic heterocycles. The maximum absolute atomic E-state index is 13.2. The van der Waals surface area contributed by atoms with E-state index in [-0.39, 0.29) is 40.9 Å². The number of ether oxygens (including phenoxy) is 1. The lowest BCUT2D eigenvalue weighted by Gasteiger charge is -2.20. The standard InChI is InChI=1S/C20H22N6O5S/c1-20(2,3)25-17-13(9-21-25)18(28)24-12(10-32-19(24)23-17)8-16(27)22-14-6-5-11(26(29)30)7-15(14)31-4/h5-7,9,12H,8,10H2,1-4H3,(H,22,27). The largest absolute Gasteiger partial charge is 0.494 e. The van der Waals surface area contributed by atoms with E-state index >= 15 is 0 Å². The highest BCUT2D eigenvalue weighted by molar-refractivity contribution is 7.99. The van der Waals surface area contributed by atoms with E-state index in [0.29, 0.717) is 27.6 Å². The zero-order chi connectivity index (χ0) is 23.2. The molecule has 0 radical (unpaired) electrons. The van der Waals surface area contributed by atoms with E-state index < -0.39 is 4.92 Å². The fourth-order valence-electron chi connectivity index (χ4n) is 3.58. The molecule has 0 fully saturated rings. The summed E-state index contributed by atoms with van der Waals surface area (Å²) in [4.78, 5) is 40.9.